The van der Waals surface area contributed by atoms with Crippen molar-refractivity contribution < 1.29 is 64.8 Å². The monoisotopic (exact) mass is 1690 g/mol. The molecule has 0 spiro atoms. The average molecular weight is 1690 g/mol. The van der Waals surface area contributed by atoms with Crippen LogP contribution in [0.25, 0.3) is 0 Å². The standard InChI is InChI=1S/C12H24N2O.2C11H17NO.C10H13F2NO.C10H14FNO.C10H21NO2S.C10H19NO2.C10H15NO.C9H14N2O/c1-11(2)15-10-9-13-5-7-14(8-6-13)12-3-4-12;1-9(2)13-7-6-11-5-4-10(3)12-8-11;1-9(2)13-8-7-11-6-4-5-10(3)12-11;1-8(2)14-7-10(11,12)9-5-3-4-6-13-9;1-8(2)13-7-5-10-9(11)4-3-6-12-10;1-10(2)13-7-4-11-5-8-14(3,12)9-6-11;1-9(2)13-8-7-11-6-4-3-5-10(11)12;1-9(2)12-8-6-10-5-3-4-7-11-10;1-8(2)12-7-4-9-10-5-3-6-11-9/h11-12H,3-10H2,1-2H3;4-5,8-9H,6-7H2,1-3H3;4-6,9H,7-8H2,1-3H3;3-6,8H,7H2,1-2H3;3-4,6,8H,5,7H2,1-2H3;10H,3-9H2,1-2H3;9H,3-8H2,1-2H3;3-5,7,9H,6,8H2,1-2H3;3,5-6,8H,4,7H2,1-2H3. The van der Waals surface area contributed by atoms with Crippen LogP contribution in [-0.4, -0.2) is 268 Å². The molecule has 6 aromatic rings. The summed E-state index contributed by atoms with van der Waals surface area (Å²) < 4.78 is 99.5. The fourth-order valence-electron chi connectivity index (χ4n) is 11.1. The number of amides is 1. The Morgan fingerprint density at radius 3 is 1.39 bits per heavy atom. The molecule has 22 nitrogen and oxygen atoms in total. The van der Waals surface area contributed by atoms with Gasteiger partial charge in [-0.25, -0.2) is 14.4 Å². The van der Waals surface area contributed by atoms with Crippen molar-refractivity contribution in [3.8, 4) is 0 Å². The van der Waals surface area contributed by atoms with E-state index >= 15 is 0 Å². The third kappa shape index (κ3) is 60.7. The van der Waals surface area contributed by atoms with E-state index in [1.54, 1.807) is 44.6 Å². The first kappa shape index (κ1) is 109. The van der Waals surface area contributed by atoms with Crippen LogP contribution in [0.5, 0.6) is 0 Å². The zero-order valence-corrected chi connectivity index (χ0v) is 77.2. The maximum atomic E-state index is 13.3. The Bertz CT molecular complexity index is 3470. The van der Waals surface area contributed by atoms with E-state index < -0.39 is 22.1 Å². The summed E-state index contributed by atoms with van der Waals surface area (Å²) in [5.41, 5.74) is 5.81. The van der Waals surface area contributed by atoms with Gasteiger partial charge in [-0.15, -0.1) is 0 Å². The van der Waals surface area contributed by atoms with E-state index in [0.29, 0.717) is 68.4 Å². The van der Waals surface area contributed by atoms with Gasteiger partial charge in [0, 0.05) is 175 Å². The van der Waals surface area contributed by atoms with Crippen molar-refractivity contribution in [2.24, 2.45) is 0 Å². The predicted molar refractivity (Wildman–Crippen MR) is 478 cm³/mol. The van der Waals surface area contributed by atoms with Gasteiger partial charge in [0.15, 0.2) is 0 Å². The maximum Gasteiger partial charge on any atom is 0.312 e. The topological polar surface area (TPSA) is 220 Å². The van der Waals surface area contributed by atoms with E-state index in [1.165, 1.54) is 69.0 Å². The molecule has 3 aliphatic heterocycles. The van der Waals surface area contributed by atoms with Crippen LogP contribution in [0.15, 0.2) is 122 Å². The molecular formula is C93H154F3N11O11S. The summed E-state index contributed by atoms with van der Waals surface area (Å²) >= 11 is 0. The van der Waals surface area contributed by atoms with Crippen LogP contribution in [0.2, 0.25) is 0 Å². The minimum atomic E-state index is -3.01. The molecule has 1 saturated carbocycles. The predicted octanol–water partition coefficient (Wildman–Crippen LogP) is 16.1. The van der Waals surface area contributed by atoms with Gasteiger partial charge < -0.3 is 47.5 Å². The van der Waals surface area contributed by atoms with Gasteiger partial charge in [0.25, 0.3) is 0 Å². The molecule has 4 fully saturated rings. The van der Waals surface area contributed by atoms with E-state index in [4.69, 9.17) is 42.6 Å². The largest absolute Gasteiger partial charge is 0.378 e. The number of aryl methyl sites for hydroxylation is 2. The smallest absolute Gasteiger partial charge is 0.312 e. The summed E-state index contributed by atoms with van der Waals surface area (Å²) in [6.07, 6.45) is 22.2. The summed E-state index contributed by atoms with van der Waals surface area (Å²) in [7, 11) is -1.74. The number of piperidine rings is 1. The van der Waals surface area contributed by atoms with Gasteiger partial charge in [-0.3, -0.25) is 48.6 Å². The molecule has 674 valence electrons. The maximum absolute atomic E-state index is 13.3. The van der Waals surface area contributed by atoms with E-state index in [9.17, 15) is 22.2 Å². The second-order valence-corrected chi connectivity index (χ2v) is 34.8. The van der Waals surface area contributed by atoms with Gasteiger partial charge in [0.1, 0.15) is 23.9 Å². The third-order valence-corrected chi connectivity index (χ3v) is 19.6. The number of likely N-dealkylation sites (tertiary alicyclic amines) is 1. The SMILES string of the molecule is C=S1(=O)CCN(CCOC(C)C)CC1.CC(C)OCC(F)(F)c1ccccn1.CC(C)OCCN1CCCCC1=O.CC(C)OCCN1CCN(C2CC2)CC1.CC(C)OCCc1ccccn1.CC(C)OCCc1ncccc1F.CC(C)OCCc1ncccn1.Cc1ccc(CCOC(C)C)cn1.Cc1cccc(CCOC(C)C)n1. The number of hydrogen-bond donors (Lipinski definition) is 0. The molecule has 119 heavy (non-hydrogen) atoms. The van der Waals surface area contributed by atoms with E-state index in [0.717, 1.165) is 163 Å². The van der Waals surface area contributed by atoms with Gasteiger partial charge in [0.2, 0.25) is 5.91 Å². The molecule has 4 aliphatic rings. The molecule has 0 radical (unpaired) electrons. The molecule has 1 aliphatic carbocycles. The fraction of sp³-hybridized carbons (Fsp3) is 0.667. The number of carbonyl (C=O) groups excluding carboxylic acids is 1. The van der Waals surface area contributed by atoms with Crippen molar-refractivity contribution >= 4 is 21.3 Å². The molecule has 0 N–H and O–H groups in total. The second-order valence-electron chi connectivity index (χ2n) is 32.0. The summed E-state index contributed by atoms with van der Waals surface area (Å²) in [4.78, 5) is 49.2. The Kier molecular flexibility index (Phi) is 59.7. The van der Waals surface area contributed by atoms with Crippen LogP contribution >= 0.6 is 0 Å². The molecule has 0 unspecified atom stereocenters. The van der Waals surface area contributed by atoms with Gasteiger partial charge >= 0.3 is 5.92 Å². The number of alkyl halides is 2. The van der Waals surface area contributed by atoms with Crippen LogP contribution in [0.3, 0.4) is 0 Å². The van der Waals surface area contributed by atoms with Gasteiger partial charge in [0.05, 0.1) is 113 Å². The van der Waals surface area contributed by atoms with Crippen LogP contribution < -0.4 is 0 Å². The Hall–Kier alpha value is -6.37. The second kappa shape index (κ2) is 65.3. The number of halogens is 3. The zero-order chi connectivity index (χ0) is 88.2. The van der Waals surface area contributed by atoms with Gasteiger partial charge in [-0.2, -0.15) is 8.78 Å². The third-order valence-electron chi connectivity index (χ3n) is 17.7. The van der Waals surface area contributed by atoms with E-state index in [-0.39, 0.29) is 35.9 Å². The van der Waals surface area contributed by atoms with Crippen molar-refractivity contribution in [1.82, 2.24) is 54.5 Å². The van der Waals surface area contributed by atoms with Crippen molar-refractivity contribution in [3.63, 3.8) is 0 Å². The molecule has 9 heterocycles. The van der Waals surface area contributed by atoms with Gasteiger partial charge in [-0.1, -0.05) is 24.3 Å². The van der Waals surface area contributed by atoms with E-state index in [1.807, 2.05) is 177 Å². The number of pyridine rings is 5. The molecule has 10 rings (SSSR count). The lowest BCUT2D eigenvalue weighted by Crippen LogP contribution is -2.48. The Morgan fingerprint density at radius 1 is 0.445 bits per heavy atom. The van der Waals surface area contributed by atoms with Crippen molar-refractivity contribution in [3.05, 3.63) is 173 Å². The Balaban J connectivity index is 0.000000454. The lowest BCUT2D eigenvalue weighted by molar-refractivity contribution is -0.134. The molecule has 26 heteroatoms. The number of rotatable bonds is 37. The number of aromatic nitrogens is 7. The normalized spacial score (nSPS) is 14.9. The first-order chi connectivity index (χ1) is 56.6. The average Bonchev–Trinajstić information content (AvgIpc) is 1.74. The fourth-order valence-corrected chi connectivity index (χ4v) is 12.4. The summed E-state index contributed by atoms with van der Waals surface area (Å²) in [5, 5.41) is 0. The first-order valence-electron chi connectivity index (χ1n) is 43.3. The minimum absolute atomic E-state index is 0.187. The highest BCUT2D eigenvalue weighted by atomic mass is 32.2. The van der Waals surface area contributed by atoms with Crippen LogP contribution in [-0.2, 0) is 95.0 Å². The molecule has 0 atom stereocenters. The van der Waals surface area contributed by atoms with Crippen molar-refractivity contribution in [2.75, 3.05) is 136 Å². The lowest BCUT2D eigenvalue weighted by atomic mass is 10.1. The number of piperazine rings is 1. The molecule has 1 amide bonds. The number of carbonyl (C=O) groups is 1. The number of hydrogen-bond acceptors (Lipinski definition) is 21. The molecular weight excluding hydrogens is 1540 g/mol. The molecule has 6 aromatic heterocycles. The Morgan fingerprint density at radius 2 is 0.916 bits per heavy atom. The summed E-state index contributed by atoms with van der Waals surface area (Å²) in [6.45, 7) is 55.7. The minimum Gasteiger partial charge on any atom is -0.378 e. The van der Waals surface area contributed by atoms with Crippen LogP contribution in [0.4, 0.5) is 13.2 Å². The molecule has 0 bridgehead atoms. The summed E-state index contributed by atoms with van der Waals surface area (Å²) in [5.74, 6) is 3.10. The number of ether oxygens (including phenoxy) is 9. The highest BCUT2D eigenvalue weighted by Gasteiger charge is 2.34. The highest BCUT2D eigenvalue weighted by molar-refractivity contribution is 8.00. The summed E-state index contributed by atoms with van der Waals surface area (Å²) in [6, 6.07) is 26.3. The first-order valence-corrected chi connectivity index (χ1v) is 45.4. The lowest BCUT2D eigenvalue weighted by Gasteiger charge is -2.34. The molecule has 0 aromatic carbocycles. The van der Waals surface area contributed by atoms with Gasteiger partial charge in [-0.05, 0) is 252 Å². The van der Waals surface area contributed by atoms with Crippen LogP contribution in [0.1, 0.15) is 202 Å². The number of nitrogens with zero attached hydrogens (tertiary/aromatic N) is 11. The van der Waals surface area contributed by atoms with E-state index in [2.05, 4.69) is 75.4 Å². The van der Waals surface area contributed by atoms with Crippen LogP contribution in [0, 0.1) is 19.7 Å². The zero-order valence-electron chi connectivity index (χ0n) is 76.4. The molecule has 3 saturated heterocycles. The highest BCUT2D eigenvalue weighted by Crippen LogP contribution is 2.28. The van der Waals surface area contributed by atoms with Crippen molar-refractivity contribution in [2.45, 2.75) is 270 Å². The van der Waals surface area contributed by atoms with Crippen molar-refractivity contribution in [1.29, 1.82) is 0 Å². The quantitative estimate of drug-likeness (QED) is 0.0331. The Labute approximate surface area is 716 Å².